The molecule has 1 atom stereocenters. The Morgan fingerprint density at radius 1 is 1.17 bits per heavy atom. The first-order chi connectivity index (χ1) is 11.3. The predicted molar refractivity (Wildman–Crippen MR) is 98.7 cm³/mol. The zero-order valence-corrected chi connectivity index (χ0v) is 15.6. The van der Waals surface area contributed by atoms with E-state index in [9.17, 15) is 4.79 Å². The predicted octanol–water partition coefficient (Wildman–Crippen LogP) is 4.69. The van der Waals surface area contributed by atoms with Gasteiger partial charge in [-0.1, -0.05) is 29.8 Å². The van der Waals surface area contributed by atoms with E-state index in [1.165, 1.54) is 5.56 Å². The number of carbonyl (C=O) groups is 1. The van der Waals surface area contributed by atoms with E-state index in [1.807, 2.05) is 51.1 Å². The monoisotopic (exact) mass is 345 g/mol. The molecule has 0 saturated carbocycles. The number of halogens is 1. The highest BCUT2D eigenvalue weighted by molar-refractivity contribution is 6.30. The minimum atomic E-state index is -0.540. The summed E-state index contributed by atoms with van der Waals surface area (Å²) in [5.74, 6) is 0.719. The molecular formula is C20H24ClNO2. The molecule has 0 spiro atoms. The number of ether oxygens (including phenoxy) is 1. The van der Waals surface area contributed by atoms with Crippen LogP contribution in [0.1, 0.15) is 29.2 Å². The van der Waals surface area contributed by atoms with Crippen molar-refractivity contribution in [2.24, 2.45) is 0 Å². The van der Waals surface area contributed by atoms with Crippen molar-refractivity contribution in [1.29, 1.82) is 0 Å². The third-order valence-electron chi connectivity index (χ3n) is 4.12. The molecule has 2 rings (SSSR count). The molecule has 0 N–H and O–H groups in total. The van der Waals surface area contributed by atoms with E-state index in [0.29, 0.717) is 11.6 Å². The van der Waals surface area contributed by atoms with Gasteiger partial charge in [0.25, 0.3) is 5.91 Å². The number of benzene rings is 2. The summed E-state index contributed by atoms with van der Waals surface area (Å²) in [5.41, 5.74) is 4.40. The molecule has 3 nitrogen and oxygen atoms in total. The smallest absolute Gasteiger partial charge is 0.263 e. The van der Waals surface area contributed by atoms with Crippen LogP contribution in [-0.2, 0) is 11.3 Å². The Balaban J connectivity index is 2.05. The van der Waals surface area contributed by atoms with Crippen LogP contribution in [0.3, 0.4) is 0 Å². The van der Waals surface area contributed by atoms with Gasteiger partial charge in [-0.05, 0) is 68.1 Å². The van der Waals surface area contributed by atoms with Gasteiger partial charge >= 0.3 is 0 Å². The molecule has 0 bridgehead atoms. The van der Waals surface area contributed by atoms with Crippen molar-refractivity contribution >= 4 is 17.5 Å². The molecule has 0 aliphatic rings. The van der Waals surface area contributed by atoms with Crippen LogP contribution in [0.2, 0.25) is 5.02 Å². The number of hydrogen-bond acceptors (Lipinski definition) is 2. The lowest BCUT2D eigenvalue weighted by Gasteiger charge is -2.23. The first kappa shape index (κ1) is 18.3. The number of rotatable bonds is 5. The van der Waals surface area contributed by atoms with E-state index >= 15 is 0 Å². The molecule has 24 heavy (non-hydrogen) atoms. The maximum Gasteiger partial charge on any atom is 0.263 e. The second-order valence-corrected chi connectivity index (χ2v) is 6.72. The van der Waals surface area contributed by atoms with Gasteiger partial charge in [0.1, 0.15) is 5.75 Å². The third-order valence-corrected chi connectivity index (χ3v) is 4.38. The summed E-state index contributed by atoms with van der Waals surface area (Å²) >= 11 is 5.89. The third kappa shape index (κ3) is 4.51. The lowest BCUT2D eigenvalue weighted by molar-refractivity contribution is -0.137. The molecule has 2 aromatic carbocycles. The molecule has 2 aromatic rings. The second kappa shape index (κ2) is 7.71. The zero-order chi connectivity index (χ0) is 17.9. The van der Waals surface area contributed by atoms with Crippen molar-refractivity contribution in [3.63, 3.8) is 0 Å². The largest absolute Gasteiger partial charge is 0.481 e. The average molecular weight is 346 g/mol. The van der Waals surface area contributed by atoms with Crippen LogP contribution in [0.25, 0.3) is 0 Å². The van der Waals surface area contributed by atoms with Crippen LogP contribution in [0.5, 0.6) is 5.75 Å². The summed E-state index contributed by atoms with van der Waals surface area (Å²) in [6.07, 6.45) is -0.540. The molecule has 4 heteroatoms. The Hall–Kier alpha value is -2.00. The first-order valence-corrected chi connectivity index (χ1v) is 8.39. The van der Waals surface area contributed by atoms with Gasteiger partial charge in [0.15, 0.2) is 6.10 Å². The average Bonchev–Trinajstić information content (AvgIpc) is 2.53. The van der Waals surface area contributed by atoms with Crippen LogP contribution in [-0.4, -0.2) is 24.0 Å². The van der Waals surface area contributed by atoms with E-state index < -0.39 is 6.10 Å². The molecule has 0 radical (unpaired) electrons. The lowest BCUT2D eigenvalue weighted by Crippen LogP contribution is -2.37. The van der Waals surface area contributed by atoms with E-state index in [1.54, 1.807) is 18.9 Å². The molecule has 128 valence electrons. The van der Waals surface area contributed by atoms with Crippen molar-refractivity contribution in [2.45, 2.75) is 40.3 Å². The fourth-order valence-electron chi connectivity index (χ4n) is 2.62. The van der Waals surface area contributed by atoms with Crippen LogP contribution >= 0.6 is 11.6 Å². The van der Waals surface area contributed by atoms with Crippen molar-refractivity contribution in [3.8, 4) is 5.75 Å². The Morgan fingerprint density at radius 3 is 2.42 bits per heavy atom. The minimum Gasteiger partial charge on any atom is -0.481 e. The number of carbonyl (C=O) groups excluding carboxylic acids is 1. The van der Waals surface area contributed by atoms with Gasteiger partial charge in [0.2, 0.25) is 0 Å². The normalized spacial score (nSPS) is 11.9. The summed E-state index contributed by atoms with van der Waals surface area (Å²) in [6, 6.07) is 11.6. The molecule has 0 aliphatic heterocycles. The molecular weight excluding hydrogens is 322 g/mol. The summed E-state index contributed by atoms with van der Waals surface area (Å²) in [4.78, 5) is 14.2. The Labute approximate surface area is 149 Å². The summed E-state index contributed by atoms with van der Waals surface area (Å²) in [7, 11) is 1.78. The standard InChI is InChI=1S/C20H24ClNO2/c1-13-10-14(2)15(3)19(11-13)24-16(4)20(23)22(5)12-17-6-8-18(21)9-7-17/h6-11,16H,12H2,1-5H3/t16-/m0/s1. The maximum absolute atomic E-state index is 12.6. The van der Waals surface area contributed by atoms with Crippen LogP contribution < -0.4 is 4.74 Å². The van der Waals surface area contributed by atoms with E-state index in [-0.39, 0.29) is 5.91 Å². The van der Waals surface area contributed by atoms with Crippen LogP contribution in [0.4, 0.5) is 0 Å². The van der Waals surface area contributed by atoms with E-state index in [0.717, 1.165) is 22.4 Å². The Bertz CT molecular complexity index is 725. The number of hydrogen-bond donors (Lipinski definition) is 0. The molecule has 1 amide bonds. The van der Waals surface area contributed by atoms with Gasteiger partial charge in [-0.15, -0.1) is 0 Å². The first-order valence-electron chi connectivity index (χ1n) is 8.02. The van der Waals surface area contributed by atoms with Gasteiger partial charge in [0.05, 0.1) is 0 Å². The van der Waals surface area contributed by atoms with Crippen molar-refractivity contribution in [2.75, 3.05) is 7.05 Å². The number of likely N-dealkylation sites (N-methyl/N-ethyl adjacent to an activating group) is 1. The molecule has 0 unspecified atom stereocenters. The fraction of sp³-hybridized carbons (Fsp3) is 0.350. The summed E-state index contributed by atoms with van der Waals surface area (Å²) < 4.78 is 5.93. The quantitative estimate of drug-likeness (QED) is 0.786. The van der Waals surface area contributed by atoms with Gasteiger partial charge in [0, 0.05) is 18.6 Å². The molecule has 0 heterocycles. The fourth-order valence-corrected chi connectivity index (χ4v) is 2.74. The zero-order valence-electron chi connectivity index (χ0n) is 14.9. The number of nitrogens with zero attached hydrogens (tertiary/aromatic N) is 1. The molecule has 0 saturated heterocycles. The van der Waals surface area contributed by atoms with Gasteiger partial charge in [-0.25, -0.2) is 0 Å². The summed E-state index contributed by atoms with van der Waals surface area (Å²) in [6.45, 7) is 8.40. The van der Waals surface area contributed by atoms with Crippen molar-refractivity contribution in [1.82, 2.24) is 4.90 Å². The lowest BCUT2D eigenvalue weighted by atomic mass is 10.1. The van der Waals surface area contributed by atoms with Crippen molar-refractivity contribution in [3.05, 3.63) is 63.7 Å². The van der Waals surface area contributed by atoms with Crippen LogP contribution in [0, 0.1) is 20.8 Å². The van der Waals surface area contributed by atoms with Gasteiger partial charge in [-0.3, -0.25) is 4.79 Å². The van der Waals surface area contributed by atoms with E-state index in [4.69, 9.17) is 16.3 Å². The molecule has 0 aliphatic carbocycles. The molecule has 0 fully saturated rings. The Kier molecular flexibility index (Phi) is 5.89. The SMILES string of the molecule is Cc1cc(C)c(C)c(O[C@@H](C)C(=O)N(C)Cc2ccc(Cl)cc2)c1. The van der Waals surface area contributed by atoms with Crippen LogP contribution in [0.15, 0.2) is 36.4 Å². The Morgan fingerprint density at radius 2 is 1.79 bits per heavy atom. The topological polar surface area (TPSA) is 29.5 Å². The summed E-state index contributed by atoms with van der Waals surface area (Å²) in [5, 5.41) is 0.690. The molecule has 0 aromatic heterocycles. The highest BCUT2D eigenvalue weighted by atomic mass is 35.5. The highest BCUT2D eigenvalue weighted by Crippen LogP contribution is 2.24. The minimum absolute atomic E-state index is 0.0523. The highest BCUT2D eigenvalue weighted by Gasteiger charge is 2.20. The van der Waals surface area contributed by atoms with Gasteiger partial charge < -0.3 is 9.64 Å². The second-order valence-electron chi connectivity index (χ2n) is 6.29. The number of amides is 1. The van der Waals surface area contributed by atoms with Crippen molar-refractivity contribution < 1.29 is 9.53 Å². The van der Waals surface area contributed by atoms with Gasteiger partial charge in [-0.2, -0.15) is 0 Å². The number of aryl methyl sites for hydroxylation is 2. The van der Waals surface area contributed by atoms with E-state index in [2.05, 4.69) is 6.07 Å². The maximum atomic E-state index is 12.6.